The lowest BCUT2D eigenvalue weighted by molar-refractivity contribution is -0.0740. The van der Waals surface area contributed by atoms with E-state index in [9.17, 15) is 4.79 Å². The molecule has 0 aliphatic carbocycles. The minimum Gasteiger partial charge on any atom is -0.460 e. The van der Waals surface area contributed by atoms with E-state index in [2.05, 4.69) is 15.5 Å². The molecule has 1 aliphatic heterocycles. The molecule has 2 heterocycles. The second kappa shape index (κ2) is 4.56. The molecular formula is C12H20N4O3. The number of hydrogen-bond donors (Lipinski definition) is 0. The zero-order valence-electron chi connectivity index (χ0n) is 12.0. The summed E-state index contributed by atoms with van der Waals surface area (Å²) in [5, 5.41) is 11.3. The van der Waals surface area contributed by atoms with E-state index in [0.717, 1.165) is 6.42 Å². The first-order chi connectivity index (χ1) is 8.77. The molecule has 19 heavy (non-hydrogen) atoms. The van der Waals surface area contributed by atoms with Gasteiger partial charge >= 0.3 is 5.97 Å². The van der Waals surface area contributed by atoms with Gasteiger partial charge in [-0.2, -0.15) is 0 Å². The predicted octanol–water partition coefficient (Wildman–Crippen LogP) is 1.37. The number of carbonyl (C=O) groups excluding carboxylic acids is 1. The quantitative estimate of drug-likeness (QED) is 0.770. The molecule has 1 saturated heterocycles. The molecule has 1 aromatic heterocycles. The SMILES string of the molecule is CCOC(=O)c1nnnn1C1CC(C)(C)OC1(C)C. The molecule has 1 unspecified atom stereocenters. The number of aromatic nitrogens is 4. The van der Waals surface area contributed by atoms with Crippen LogP contribution in [-0.2, 0) is 9.47 Å². The van der Waals surface area contributed by atoms with Crippen molar-refractivity contribution in [2.45, 2.75) is 58.3 Å². The fourth-order valence-corrected chi connectivity index (χ4v) is 2.65. The third kappa shape index (κ3) is 2.60. The zero-order valence-corrected chi connectivity index (χ0v) is 12.0. The van der Waals surface area contributed by atoms with E-state index in [0.29, 0.717) is 6.61 Å². The number of nitrogens with zero attached hydrogens (tertiary/aromatic N) is 4. The summed E-state index contributed by atoms with van der Waals surface area (Å²) in [6.07, 6.45) is 0.734. The highest BCUT2D eigenvalue weighted by Crippen LogP contribution is 2.44. The van der Waals surface area contributed by atoms with E-state index in [1.54, 1.807) is 6.92 Å². The van der Waals surface area contributed by atoms with Gasteiger partial charge in [-0.05, 0) is 45.0 Å². The number of rotatable bonds is 3. The van der Waals surface area contributed by atoms with Gasteiger partial charge in [0.05, 0.1) is 23.9 Å². The van der Waals surface area contributed by atoms with Crippen LogP contribution in [-0.4, -0.2) is 44.0 Å². The van der Waals surface area contributed by atoms with E-state index >= 15 is 0 Å². The molecule has 1 aromatic rings. The Labute approximate surface area is 112 Å². The monoisotopic (exact) mass is 268 g/mol. The van der Waals surface area contributed by atoms with Gasteiger partial charge in [0.2, 0.25) is 0 Å². The van der Waals surface area contributed by atoms with Crippen molar-refractivity contribution in [2.75, 3.05) is 6.61 Å². The molecular weight excluding hydrogens is 248 g/mol. The Kier molecular flexibility index (Phi) is 3.34. The van der Waals surface area contributed by atoms with Crippen LogP contribution in [0.25, 0.3) is 0 Å². The van der Waals surface area contributed by atoms with Crippen LogP contribution in [0, 0.1) is 0 Å². The molecule has 0 N–H and O–H groups in total. The second-order valence-electron chi connectivity index (χ2n) is 5.85. The zero-order chi connectivity index (χ0) is 14.3. The highest BCUT2D eigenvalue weighted by atomic mass is 16.5. The lowest BCUT2D eigenvalue weighted by Gasteiger charge is -2.27. The van der Waals surface area contributed by atoms with Gasteiger partial charge in [0.15, 0.2) is 0 Å². The van der Waals surface area contributed by atoms with E-state index in [1.807, 2.05) is 27.7 Å². The molecule has 0 spiro atoms. The number of ether oxygens (including phenoxy) is 2. The Morgan fingerprint density at radius 2 is 2.16 bits per heavy atom. The van der Waals surface area contributed by atoms with Crippen LogP contribution < -0.4 is 0 Å². The molecule has 0 radical (unpaired) electrons. The van der Waals surface area contributed by atoms with Crippen molar-refractivity contribution in [2.24, 2.45) is 0 Å². The maximum Gasteiger partial charge on any atom is 0.378 e. The third-order valence-corrected chi connectivity index (χ3v) is 3.27. The Hall–Kier alpha value is -1.50. The summed E-state index contributed by atoms with van der Waals surface area (Å²) in [5.41, 5.74) is -0.716. The smallest absolute Gasteiger partial charge is 0.378 e. The maximum atomic E-state index is 11.8. The van der Waals surface area contributed by atoms with Crippen LogP contribution in [0.3, 0.4) is 0 Å². The topological polar surface area (TPSA) is 79.1 Å². The molecule has 0 bridgehead atoms. The summed E-state index contributed by atoms with van der Waals surface area (Å²) >= 11 is 0. The molecule has 1 fully saturated rings. The van der Waals surface area contributed by atoms with Gasteiger partial charge in [0.25, 0.3) is 5.82 Å². The van der Waals surface area contributed by atoms with Gasteiger partial charge in [0, 0.05) is 6.42 Å². The fraction of sp³-hybridized carbons (Fsp3) is 0.833. The molecule has 0 saturated carbocycles. The standard InChI is InChI=1S/C12H20N4O3/c1-6-18-10(17)9-13-14-15-16(9)8-7-11(2,3)19-12(8,4)5/h8H,6-7H2,1-5H3. The molecule has 7 heteroatoms. The van der Waals surface area contributed by atoms with Gasteiger partial charge in [-0.1, -0.05) is 0 Å². The summed E-state index contributed by atoms with van der Waals surface area (Å²) in [7, 11) is 0. The van der Waals surface area contributed by atoms with Crippen molar-refractivity contribution in [1.29, 1.82) is 0 Å². The van der Waals surface area contributed by atoms with E-state index in [-0.39, 0.29) is 17.5 Å². The number of esters is 1. The van der Waals surface area contributed by atoms with Crippen molar-refractivity contribution < 1.29 is 14.3 Å². The lowest BCUT2D eigenvalue weighted by atomic mass is 9.94. The first kappa shape index (κ1) is 13.9. The van der Waals surface area contributed by atoms with Crippen LogP contribution in [0.1, 0.15) is 57.7 Å². The Morgan fingerprint density at radius 3 is 2.68 bits per heavy atom. The van der Waals surface area contributed by atoms with Gasteiger partial charge in [-0.25, -0.2) is 9.48 Å². The minimum atomic E-state index is -0.506. The Balaban J connectivity index is 2.33. The van der Waals surface area contributed by atoms with Gasteiger partial charge in [-0.3, -0.25) is 0 Å². The summed E-state index contributed by atoms with van der Waals surface area (Å²) < 4.78 is 12.5. The summed E-state index contributed by atoms with van der Waals surface area (Å²) in [4.78, 5) is 11.8. The molecule has 106 valence electrons. The van der Waals surface area contributed by atoms with Crippen molar-refractivity contribution >= 4 is 5.97 Å². The number of carbonyl (C=O) groups is 1. The van der Waals surface area contributed by atoms with Gasteiger partial charge in [0.1, 0.15) is 0 Å². The molecule has 7 nitrogen and oxygen atoms in total. The summed E-state index contributed by atoms with van der Waals surface area (Å²) in [6, 6.07) is -0.100. The van der Waals surface area contributed by atoms with Gasteiger partial charge in [-0.15, -0.1) is 5.10 Å². The fourth-order valence-electron chi connectivity index (χ4n) is 2.65. The predicted molar refractivity (Wildman–Crippen MR) is 66.7 cm³/mol. The number of hydrogen-bond acceptors (Lipinski definition) is 6. The summed E-state index contributed by atoms with van der Waals surface area (Å²) in [5.74, 6) is -0.380. The van der Waals surface area contributed by atoms with Crippen molar-refractivity contribution in [3.05, 3.63) is 5.82 Å². The average Bonchev–Trinajstić information content (AvgIpc) is 2.80. The lowest BCUT2D eigenvalue weighted by Crippen LogP contribution is -2.33. The minimum absolute atomic E-state index is 0.100. The maximum absolute atomic E-state index is 11.8. The highest BCUT2D eigenvalue weighted by molar-refractivity contribution is 5.85. The van der Waals surface area contributed by atoms with Crippen LogP contribution in [0.2, 0.25) is 0 Å². The normalized spacial score (nSPS) is 24.4. The van der Waals surface area contributed by atoms with Crippen LogP contribution in [0.4, 0.5) is 0 Å². The van der Waals surface area contributed by atoms with Crippen LogP contribution >= 0.6 is 0 Å². The van der Waals surface area contributed by atoms with Crippen molar-refractivity contribution in [1.82, 2.24) is 20.2 Å². The first-order valence-electron chi connectivity index (χ1n) is 6.42. The summed E-state index contributed by atoms with van der Waals surface area (Å²) in [6.45, 7) is 10.0. The van der Waals surface area contributed by atoms with Gasteiger partial charge < -0.3 is 9.47 Å². The van der Waals surface area contributed by atoms with Crippen LogP contribution in [0.15, 0.2) is 0 Å². The van der Waals surface area contributed by atoms with Crippen molar-refractivity contribution in [3.8, 4) is 0 Å². The van der Waals surface area contributed by atoms with Crippen LogP contribution in [0.5, 0.6) is 0 Å². The molecule has 0 amide bonds. The first-order valence-corrected chi connectivity index (χ1v) is 6.42. The number of tetrazole rings is 1. The Bertz CT molecular complexity index is 481. The van der Waals surface area contributed by atoms with E-state index in [4.69, 9.17) is 9.47 Å². The Morgan fingerprint density at radius 1 is 1.47 bits per heavy atom. The van der Waals surface area contributed by atoms with E-state index < -0.39 is 11.6 Å². The molecule has 0 aromatic carbocycles. The van der Waals surface area contributed by atoms with Crippen molar-refractivity contribution in [3.63, 3.8) is 0 Å². The molecule has 1 atom stereocenters. The average molecular weight is 268 g/mol. The largest absolute Gasteiger partial charge is 0.460 e. The molecule has 1 aliphatic rings. The second-order valence-corrected chi connectivity index (χ2v) is 5.85. The highest BCUT2D eigenvalue weighted by Gasteiger charge is 2.48. The third-order valence-electron chi connectivity index (χ3n) is 3.27. The molecule has 2 rings (SSSR count). The van der Waals surface area contributed by atoms with E-state index in [1.165, 1.54) is 4.68 Å².